The molecule has 0 radical (unpaired) electrons. The van der Waals surface area contributed by atoms with Crippen molar-refractivity contribution in [3.8, 4) is 44.8 Å². The fraction of sp³-hybridized carbons (Fsp3) is 0.0270. The van der Waals surface area contributed by atoms with Crippen molar-refractivity contribution >= 4 is 77.5 Å². The average molecular weight is 999 g/mol. The van der Waals surface area contributed by atoms with Crippen molar-refractivity contribution in [2.75, 3.05) is 9.80 Å². The van der Waals surface area contributed by atoms with E-state index in [-0.39, 0.29) is 0 Å². The summed E-state index contributed by atoms with van der Waals surface area (Å²) in [7, 11) is 0. The van der Waals surface area contributed by atoms with Crippen LogP contribution in [-0.4, -0.2) is 9.13 Å². The third kappa shape index (κ3) is 8.01. The van der Waals surface area contributed by atoms with Crippen LogP contribution in [0.2, 0.25) is 0 Å². The molecule has 0 aliphatic heterocycles. The summed E-state index contributed by atoms with van der Waals surface area (Å²) in [5.74, 6) is 0. The molecule has 0 unspecified atom stereocenters. The van der Waals surface area contributed by atoms with Crippen molar-refractivity contribution < 1.29 is 0 Å². The molecule has 0 spiro atoms. The zero-order valence-corrected chi connectivity index (χ0v) is 43.5. The van der Waals surface area contributed by atoms with Crippen LogP contribution in [0.3, 0.4) is 0 Å². The lowest BCUT2D eigenvalue weighted by Gasteiger charge is -2.27. The van der Waals surface area contributed by atoms with Gasteiger partial charge in [0.25, 0.3) is 0 Å². The Balaban J connectivity index is 0.873. The van der Waals surface area contributed by atoms with Gasteiger partial charge >= 0.3 is 0 Å². The summed E-state index contributed by atoms with van der Waals surface area (Å²) in [6.45, 7) is 4.53. The minimum absolute atomic E-state index is 1.10. The first kappa shape index (κ1) is 46.4. The summed E-state index contributed by atoms with van der Waals surface area (Å²) in [5.41, 5.74) is 20.9. The lowest BCUT2D eigenvalue weighted by atomic mass is 9.96. The van der Waals surface area contributed by atoms with Gasteiger partial charge < -0.3 is 18.9 Å². The molecule has 14 aromatic rings. The SMILES string of the molecule is Cc1c(-c2ccccc2)c2cc(-c3ccc4c(c3)c(-c3ccccc3)c(C)n4-c3ccc(N(c4ccccc4)c4cccc5ccccc45)cc3)ccc2n1-c1ccc(N(c2ccccc2)c2cccc3ccccc23)cc1. The molecule has 2 aromatic heterocycles. The Kier molecular flexibility index (Phi) is 11.6. The van der Waals surface area contributed by atoms with Gasteiger partial charge in [-0.1, -0.05) is 182 Å². The van der Waals surface area contributed by atoms with Crippen LogP contribution in [0.4, 0.5) is 34.1 Å². The molecule has 2 heterocycles. The molecule has 0 aliphatic carbocycles. The molecule has 4 heteroatoms. The number of para-hydroxylation sites is 2. The number of nitrogens with zero attached hydrogens (tertiary/aromatic N) is 4. The van der Waals surface area contributed by atoms with Crippen LogP contribution in [0, 0.1) is 13.8 Å². The van der Waals surface area contributed by atoms with E-state index in [0.717, 1.165) is 45.5 Å². The number of rotatable bonds is 11. The number of anilines is 6. The number of fused-ring (bicyclic) bond motifs is 4. The van der Waals surface area contributed by atoms with Gasteiger partial charge in [-0.2, -0.15) is 0 Å². The predicted octanol–water partition coefficient (Wildman–Crippen LogP) is 20.4. The summed E-state index contributed by atoms with van der Waals surface area (Å²) < 4.78 is 4.87. The Morgan fingerprint density at radius 3 is 0.987 bits per heavy atom. The van der Waals surface area contributed by atoms with E-state index in [1.165, 1.54) is 88.1 Å². The van der Waals surface area contributed by atoms with Crippen molar-refractivity contribution in [2.45, 2.75) is 13.8 Å². The highest BCUT2D eigenvalue weighted by atomic mass is 15.2. The zero-order valence-electron chi connectivity index (χ0n) is 43.5. The second-order valence-corrected chi connectivity index (χ2v) is 20.2. The lowest BCUT2D eigenvalue weighted by molar-refractivity contribution is 1.05. The van der Waals surface area contributed by atoms with Gasteiger partial charge in [0, 0.05) is 78.2 Å². The Morgan fingerprint density at radius 2 is 0.590 bits per heavy atom. The summed E-state index contributed by atoms with van der Waals surface area (Å²) in [4.78, 5) is 4.74. The van der Waals surface area contributed by atoms with E-state index in [0.29, 0.717) is 0 Å². The van der Waals surface area contributed by atoms with Crippen molar-refractivity contribution in [1.29, 1.82) is 0 Å². The molecular formula is C74H54N4. The highest BCUT2D eigenvalue weighted by Crippen LogP contribution is 2.45. The van der Waals surface area contributed by atoms with Crippen molar-refractivity contribution in [3.63, 3.8) is 0 Å². The largest absolute Gasteiger partial charge is 0.313 e. The van der Waals surface area contributed by atoms with Gasteiger partial charge in [0.1, 0.15) is 0 Å². The molecule has 14 rings (SSSR count). The van der Waals surface area contributed by atoms with Crippen LogP contribution >= 0.6 is 0 Å². The molecule has 0 amide bonds. The lowest BCUT2D eigenvalue weighted by Crippen LogP contribution is -2.10. The Hall–Kier alpha value is -10.2. The standard InChI is InChI=1S/C74H54N4/c1-51-73(55-23-7-3-8-24-55)67-49-57(37-47-71(67)75(51)61-39-43-63(44-40-61)77(59-29-11-5-12-30-59)69-35-19-27-53-21-15-17-33-65(53)69)58-38-48-72-68(50-58)74(56-25-9-4-10-26-56)52(2)76(72)62-41-45-64(46-42-62)78(60-31-13-6-14-32-60)70-36-20-28-54-22-16-18-34-66(54)70/h3-50H,1-2H3. The highest BCUT2D eigenvalue weighted by molar-refractivity contribution is 6.05. The van der Waals surface area contributed by atoms with Crippen LogP contribution in [0.5, 0.6) is 0 Å². The molecule has 12 aromatic carbocycles. The molecule has 370 valence electrons. The van der Waals surface area contributed by atoms with Crippen LogP contribution in [0.15, 0.2) is 291 Å². The smallest absolute Gasteiger partial charge is 0.0540 e. The highest BCUT2D eigenvalue weighted by Gasteiger charge is 2.23. The van der Waals surface area contributed by atoms with Gasteiger partial charge in [-0.3, -0.25) is 0 Å². The Morgan fingerprint density at radius 1 is 0.256 bits per heavy atom. The maximum absolute atomic E-state index is 2.43. The van der Waals surface area contributed by atoms with E-state index in [1.807, 2.05) is 0 Å². The van der Waals surface area contributed by atoms with Gasteiger partial charge in [0.2, 0.25) is 0 Å². The zero-order chi connectivity index (χ0) is 52.1. The normalized spacial score (nSPS) is 11.5. The minimum atomic E-state index is 1.10. The number of aromatic nitrogens is 2. The van der Waals surface area contributed by atoms with Gasteiger partial charge in [0.05, 0.1) is 22.4 Å². The third-order valence-corrected chi connectivity index (χ3v) is 15.6. The average Bonchev–Trinajstić information content (AvgIpc) is 4.07. The van der Waals surface area contributed by atoms with E-state index in [2.05, 4.69) is 324 Å². The Bertz CT molecular complexity index is 4180. The van der Waals surface area contributed by atoms with E-state index >= 15 is 0 Å². The summed E-state index contributed by atoms with van der Waals surface area (Å²) >= 11 is 0. The van der Waals surface area contributed by atoms with Crippen molar-refractivity contribution in [3.05, 3.63) is 303 Å². The molecule has 4 nitrogen and oxygen atoms in total. The number of hydrogen-bond donors (Lipinski definition) is 0. The summed E-state index contributed by atoms with van der Waals surface area (Å²) in [6.07, 6.45) is 0. The maximum Gasteiger partial charge on any atom is 0.0540 e. The second-order valence-electron chi connectivity index (χ2n) is 20.2. The fourth-order valence-corrected chi connectivity index (χ4v) is 12.1. The first-order chi connectivity index (χ1) is 38.6. The molecule has 0 saturated carbocycles. The molecule has 0 bridgehead atoms. The minimum Gasteiger partial charge on any atom is -0.313 e. The second kappa shape index (κ2) is 19.5. The quantitative estimate of drug-likeness (QED) is 0.128. The van der Waals surface area contributed by atoms with Crippen LogP contribution in [0.1, 0.15) is 11.4 Å². The van der Waals surface area contributed by atoms with Gasteiger partial charge in [-0.15, -0.1) is 0 Å². The van der Waals surface area contributed by atoms with E-state index in [4.69, 9.17) is 0 Å². The summed E-state index contributed by atoms with van der Waals surface area (Å²) in [5, 5.41) is 7.28. The molecule has 78 heavy (non-hydrogen) atoms. The van der Waals surface area contributed by atoms with Gasteiger partial charge in [-0.25, -0.2) is 0 Å². The molecule has 0 fully saturated rings. The van der Waals surface area contributed by atoms with E-state index in [1.54, 1.807) is 0 Å². The first-order valence-corrected chi connectivity index (χ1v) is 26.8. The fourth-order valence-electron chi connectivity index (χ4n) is 12.1. The van der Waals surface area contributed by atoms with Crippen LogP contribution < -0.4 is 9.80 Å². The number of benzene rings is 12. The molecular weight excluding hydrogens is 945 g/mol. The van der Waals surface area contributed by atoms with Crippen LogP contribution in [0.25, 0.3) is 88.1 Å². The molecule has 0 atom stereocenters. The predicted molar refractivity (Wildman–Crippen MR) is 330 cm³/mol. The summed E-state index contributed by atoms with van der Waals surface area (Å²) in [6, 6.07) is 106. The van der Waals surface area contributed by atoms with Gasteiger partial charge in [0.15, 0.2) is 0 Å². The van der Waals surface area contributed by atoms with Gasteiger partial charge in [-0.05, 0) is 156 Å². The molecule has 0 N–H and O–H groups in total. The topological polar surface area (TPSA) is 16.3 Å². The first-order valence-electron chi connectivity index (χ1n) is 26.8. The maximum atomic E-state index is 2.43. The Labute approximate surface area is 455 Å². The monoisotopic (exact) mass is 998 g/mol. The molecule has 0 saturated heterocycles. The number of hydrogen-bond acceptors (Lipinski definition) is 2. The van der Waals surface area contributed by atoms with Crippen molar-refractivity contribution in [1.82, 2.24) is 9.13 Å². The molecule has 0 aliphatic rings. The van der Waals surface area contributed by atoms with E-state index < -0.39 is 0 Å². The van der Waals surface area contributed by atoms with Crippen molar-refractivity contribution in [2.24, 2.45) is 0 Å². The van der Waals surface area contributed by atoms with E-state index in [9.17, 15) is 0 Å². The third-order valence-electron chi connectivity index (χ3n) is 15.6. The van der Waals surface area contributed by atoms with Crippen LogP contribution in [-0.2, 0) is 0 Å².